The van der Waals surface area contributed by atoms with Crippen molar-refractivity contribution >= 4 is 54.1 Å². The van der Waals surface area contributed by atoms with E-state index in [-0.39, 0.29) is 5.91 Å². The van der Waals surface area contributed by atoms with Gasteiger partial charge in [-0.2, -0.15) is 0 Å². The van der Waals surface area contributed by atoms with E-state index in [0.29, 0.717) is 17.2 Å². The van der Waals surface area contributed by atoms with Crippen LogP contribution in [0.15, 0.2) is 66.3 Å². The SMILES string of the molecule is COc1ccc2sc(N(Cc3ccccn3)C(=O)c3ccc4ncsc4c3)nc2c1. The summed E-state index contributed by atoms with van der Waals surface area (Å²) in [6.07, 6.45) is 1.73. The van der Waals surface area contributed by atoms with Crippen LogP contribution in [0, 0.1) is 0 Å². The van der Waals surface area contributed by atoms with Crippen molar-refractivity contribution in [3.63, 3.8) is 0 Å². The Kier molecular flexibility index (Phi) is 4.86. The molecule has 0 saturated carbocycles. The third kappa shape index (κ3) is 3.51. The molecule has 0 N–H and O–H groups in total. The third-order valence-electron chi connectivity index (χ3n) is 4.68. The number of carbonyl (C=O) groups excluding carboxylic acids is 1. The zero-order valence-corrected chi connectivity index (χ0v) is 17.6. The fourth-order valence-corrected chi connectivity index (χ4v) is 4.82. The first-order valence-corrected chi connectivity index (χ1v) is 10.9. The zero-order chi connectivity index (χ0) is 20.5. The van der Waals surface area contributed by atoms with Gasteiger partial charge in [-0.25, -0.2) is 9.97 Å². The van der Waals surface area contributed by atoms with E-state index in [4.69, 9.17) is 9.72 Å². The standard InChI is InChI=1S/C22H16N4O2S2/c1-28-16-6-8-19-18(11-16)25-22(30-19)26(12-15-4-2-3-9-23-15)21(27)14-5-7-17-20(10-14)29-13-24-17/h2-11,13H,12H2,1H3. The second-order valence-electron chi connectivity index (χ2n) is 6.58. The molecule has 0 atom stereocenters. The number of amides is 1. The van der Waals surface area contributed by atoms with Gasteiger partial charge in [0.2, 0.25) is 0 Å². The van der Waals surface area contributed by atoms with Crippen molar-refractivity contribution in [3.05, 3.63) is 77.6 Å². The maximum absolute atomic E-state index is 13.5. The van der Waals surface area contributed by atoms with Crippen LogP contribution in [0.1, 0.15) is 16.1 Å². The van der Waals surface area contributed by atoms with E-state index in [2.05, 4.69) is 9.97 Å². The van der Waals surface area contributed by atoms with Gasteiger partial charge in [-0.15, -0.1) is 11.3 Å². The highest BCUT2D eigenvalue weighted by Crippen LogP contribution is 2.33. The predicted octanol–water partition coefficient (Wildman–Crippen LogP) is 5.16. The van der Waals surface area contributed by atoms with Crippen LogP contribution in [0.4, 0.5) is 5.13 Å². The van der Waals surface area contributed by atoms with E-state index < -0.39 is 0 Å². The Morgan fingerprint density at radius 3 is 2.80 bits per heavy atom. The molecule has 6 nitrogen and oxygen atoms in total. The molecule has 0 bridgehead atoms. The smallest absolute Gasteiger partial charge is 0.260 e. The van der Waals surface area contributed by atoms with Gasteiger partial charge in [-0.3, -0.25) is 14.7 Å². The molecule has 3 aromatic heterocycles. The zero-order valence-electron chi connectivity index (χ0n) is 16.0. The van der Waals surface area contributed by atoms with Gasteiger partial charge in [0.1, 0.15) is 5.75 Å². The topological polar surface area (TPSA) is 68.2 Å². The number of aromatic nitrogens is 3. The van der Waals surface area contributed by atoms with Crippen LogP contribution in [0.5, 0.6) is 5.75 Å². The number of fused-ring (bicyclic) bond motifs is 2. The van der Waals surface area contributed by atoms with Crippen LogP contribution in [0.2, 0.25) is 0 Å². The quantitative estimate of drug-likeness (QED) is 0.384. The first-order chi connectivity index (χ1) is 14.7. The second kappa shape index (κ2) is 7.81. The summed E-state index contributed by atoms with van der Waals surface area (Å²) in [4.78, 5) is 28.6. The Hall–Kier alpha value is -3.36. The molecule has 3 heterocycles. The molecule has 0 spiro atoms. The third-order valence-corrected chi connectivity index (χ3v) is 6.54. The van der Waals surface area contributed by atoms with Crippen molar-refractivity contribution in [2.75, 3.05) is 12.0 Å². The number of anilines is 1. The van der Waals surface area contributed by atoms with Crippen LogP contribution in [0.3, 0.4) is 0 Å². The van der Waals surface area contributed by atoms with Gasteiger partial charge in [-0.05, 0) is 42.5 Å². The number of benzene rings is 2. The molecule has 0 unspecified atom stereocenters. The Labute approximate surface area is 180 Å². The van der Waals surface area contributed by atoms with Crippen molar-refractivity contribution in [2.24, 2.45) is 0 Å². The van der Waals surface area contributed by atoms with Gasteiger partial charge in [0.15, 0.2) is 5.13 Å². The van der Waals surface area contributed by atoms with Gasteiger partial charge < -0.3 is 4.74 Å². The lowest BCUT2D eigenvalue weighted by Crippen LogP contribution is -2.30. The molecule has 5 rings (SSSR count). The normalized spacial score (nSPS) is 11.1. The second-order valence-corrected chi connectivity index (χ2v) is 8.47. The van der Waals surface area contributed by atoms with Crippen molar-refractivity contribution in [2.45, 2.75) is 6.54 Å². The summed E-state index contributed by atoms with van der Waals surface area (Å²) in [5, 5.41) is 0.623. The highest BCUT2D eigenvalue weighted by Gasteiger charge is 2.23. The van der Waals surface area contributed by atoms with Gasteiger partial charge in [-0.1, -0.05) is 17.4 Å². The molecule has 8 heteroatoms. The molecule has 0 saturated heterocycles. The summed E-state index contributed by atoms with van der Waals surface area (Å²) in [6.45, 7) is 0.331. The van der Waals surface area contributed by atoms with E-state index in [0.717, 1.165) is 31.9 Å². The molecule has 30 heavy (non-hydrogen) atoms. The Bertz CT molecular complexity index is 1350. The molecule has 1 amide bonds. The molecular formula is C22H16N4O2S2. The molecule has 0 aliphatic heterocycles. The lowest BCUT2D eigenvalue weighted by molar-refractivity contribution is 0.0985. The fourth-order valence-electron chi connectivity index (χ4n) is 3.16. The molecule has 2 aromatic carbocycles. The van der Waals surface area contributed by atoms with Gasteiger partial charge >= 0.3 is 0 Å². The van der Waals surface area contributed by atoms with Gasteiger partial charge in [0.05, 0.1) is 45.3 Å². The lowest BCUT2D eigenvalue weighted by atomic mass is 10.2. The Balaban J connectivity index is 1.58. The largest absolute Gasteiger partial charge is 0.497 e. The minimum atomic E-state index is -0.123. The fraction of sp³-hybridized carbons (Fsp3) is 0.0909. The number of hydrogen-bond acceptors (Lipinski definition) is 7. The number of methoxy groups -OCH3 is 1. The summed E-state index contributed by atoms with van der Waals surface area (Å²) < 4.78 is 7.27. The molecule has 0 aliphatic carbocycles. The molecule has 5 aromatic rings. The summed E-state index contributed by atoms with van der Waals surface area (Å²) >= 11 is 2.99. The first kappa shape index (κ1) is 18.7. The molecule has 148 valence electrons. The number of rotatable bonds is 5. The van der Waals surface area contributed by atoms with Crippen LogP contribution < -0.4 is 9.64 Å². The van der Waals surface area contributed by atoms with E-state index in [1.54, 1.807) is 23.7 Å². The average Bonchev–Trinajstić information content (AvgIpc) is 3.43. The number of carbonyl (C=O) groups is 1. The number of thiazole rings is 2. The van der Waals surface area contributed by atoms with E-state index >= 15 is 0 Å². The van der Waals surface area contributed by atoms with Crippen LogP contribution in [-0.4, -0.2) is 28.0 Å². The van der Waals surface area contributed by atoms with Gasteiger partial charge in [0, 0.05) is 17.8 Å². The van der Waals surface area contributed by atoms with E-state index in [1.165, 1.54) is 22.7 Å². The minimum absolute atomic E-state index is 0.123. The van der Waals surface area contributed by atoms with Crippen LogP contribution in [0.25, 0.3) is 20.4 Å². The molecule has 0 fully saturated rings. The average molecular weight is 433 g/mol. The first-order valence-electron chi connectivity index (χ1n) is 9.21. The number of ether oxygens (including phenoxy) is 1. The molecule has 0 aliphatic rings. The van der Waals surface area contributed by atoms with Crippen LogP contribution in [-0.2, 0) is 6.54 Å². The van der Waals surface area contributed by atoms with Crippen LogP contribution >= 0.6 is 22.7 Å². The van der Waals surface area contributed by atoms with Gasteiger partial charge in [0.25, 0.3) is 5.91 Å². The van der Waals surface area contributed by atoms with E-state index in [1.807, 2.05) is 54.6 Å². The van der Waals surface area contributed by atoms with Crippen molar-refractivity contribution in [1.82, 2.24) is 15.0 Å². The van der Waals surface area contributed by atoms with Crippen molar-refractivity contribution in [1.29, 1.82) is 0 Å². The summed E-state index contributed by atoms with van der Waals surface area (Å²) in [6, 6.07) is 17.0. The monoisotopic (exact) mass is 432 g/mol. The van der Waals surface area contributed by atoms with E-state index in [9.17, 15) is 4.79 Å². The molecular weight excluding hydrogens is 416 g/mol. The summed E-state index contributed by atoms with van der Waals surface area (Å²) in [7, 11) is 1.63. The maximum atomic E-state index is 13.5. The Morgan fingerprint density at radius 1 is 1.03 bits per heavy atom. The molecule has 0 radical (unpaired) electrons. The summed E-state index contributed by atoms with van der Waals surface area (Å²) in [5.41, 5.74) is 4.86. The summed E-state index contributed by atoms with van der Waals surface area (Å²) in [5.74, 6) is 0.611. The maximum Gasteiger partial charge on any atom is 0.260 e. The minimum Gasteiger partial charge on any atom is -0.497 e. The van der Waals surface area contributed by atoms with Crippen molar-refractivity contribution in [3.8, 4) is 5.75 Å². The predicted molar refractivity (Wildman–Crippen MR) is 121 cm³/mol. The number of hydrogen-bond donors (Lipinski definition) is 0. The lowest BCUT2D eigenvalue weighted by Gasteiger charge is -2.19. The number of pyridine rings is 1. The van der Waals surface area contributed by atoms with Crippen molar-refractivity contribution < 1.29 is 9.53 Å². The Morgan fingerprint density at radius 2 is 1.97 bits per heavy atom. The highest BCUT2D eigenvalue weighted by atomic mass is 32.1. The number of nitrogens with zero attached hydrogens (tertiary/aromatic N) is 4. The highest BCUT2D eigenvalue weighted by molar-refractivity contribution is 7.22.